The highest BCUT2D eigenvalue weighted by atomic mass is 32.2. The van der Waals surface area contributed by atoms with Crippen LogP contribution in [0, 0.1) is 13.3 Å². The third kappa shape index (κ3) is 2.13. The Morgan fingerprint density at radius 2 is 1.75 bits per heavy atom. The Kier molecular flexibility index (Phi) is 3.30. The van der Waals surface area contributed by atoms with E-state index in [9.17, 15) is 8.42 Å². The van der Waals surface area contributed by atoms with E-state index in [0.717, 1.165) is 18.4 Å². The second-order valence-corrected chi connectivity index (χ2v) is 5.94. The molecule has 0 atom stereocenters. The first-order valence-electron chi connectivity index (χ1n) is 5.50. The molecule has 0 aliphatic carbocycles. The highest BCUT2D eigenvalue weighted by molar-refractivity contribution is 7.89. The van der Waals surface area contributed by atoms with Gasteiger partial charge < -0.3 is 0 Å². The molecule has 3 nitrogen and oxygen atoms in total. The maximum absolute atomic E-state index is 12.3. The maximum Gasteiger partial charge on any atom is 0.243 e. The molecule has 16 heavy (non-hydrogen) atoms. The van der Waals surface area contributed by atoms with E-state index in [1.54, 1.807) is 16.4 Å². The largest absolute Gasteiger partial charge is 0.243 e. The molecule has 1 aromatic carbocycles. The van der Waals surface area contributed by atoms with Gasteiger partial charge in [-0.25, -0.2) is 8.42 Å². The van der Waals surface area contributed by atoms with Crippen molar-refractivity contribution in [2.75, 3.05) is 13.1 Å². The van der Waals surface area contributed by atoms with Crippen LogP contribution in [0.2, 0.25) is 0 Å². The number of hydrogen-bond donors (Lipinski definition) is 0. The van der Waals surface area contributed by atoms with Gasteiger partial charge in [0.25, 0.3) is 0 Å². The molecule has 0 unspecified atom stereocenters. The summed E-state index contributed by atoms with van der Waals surface area (Å²) in [4.78, 5) is 0.442. The fraction of sp³-hybridized carbons (Fsp3) is 0.417. The van der Waals surface area contributed by atoms with Gasteiger partial charge in [0.05, 0.1) is 4.90 Å². The molecule has 0 saturated carbocycles. The summed E-state index contributed by atoms with van der Waals surface area (Å²) in [7, 11) is -3.28. The van der Waals surface area contributed by atoms with Crippen LogP contribution in [0.4, 0.5) is 0 Å². The quantitative estimate of drug-likeness (QED) is 0.790. The predicted octanol–water partition coefficient (Wildman–Crippen LogP) is 1.98. The van der Waals surface area contributed by atoms with Crippen molar-refractivity contribution in [2.24, 2.45) is 0 Å². The molecule has 0 aromatic heterocycles. The molecule has 0 spiro atoms. The van der Waals surface area contributed by atoms with Crippen molar-refractivity contribution in [2.45, 2.75) is 24.7 Å². The fourth-order valence-electron chi connectivity index (χ4n) is 1.95. The minimum absolute atomic E-state index is 0.442. The molecule has 1 saturated heterocycles. The van der Waals surface area contributed by atoms with E-state index in [1.807, 2.05) is 19.1 Å². The van der Waals surface area contributed by atoms with Crippen molar-refractivity contribution in [3.8, 4) is 0 Å². The molecule has 2 rings (SSSR count). The molecule has 1 heterocycles. The molecular weight excluding hydrogens is 222 g/mol. The van der Waals surface area contributed by atoms with Gasteiger partial charge >= 0.3 is 0 Å². The summed E-state index contributed by atoms with van der Waals surface area (Å²) < 4.78 is 26.2. The lowest BCUT2D eigenvalue weighted by Crippen LogP contribution is -2.36. The van der Waals surface area contributed by atoms with Crippen LogP contribution in [0.3, 0.4) is 0 Å². The Hall–Kier alpha value is -0.870. The Morgan fingerprint density at radius 1 is 1.12 bits per heavy atom. The lowest BCUT2D eigenvalue weighted by Gasteiger charge is -2.26. The molecule has 1 aromatic rings. The average molecular weight is 238 g/mol. The molecule has 87 valence electrons. The van der Waals surface area contributed by atoms with Crippen LogP contribution in [-0.4, -0.2) is 25.8 Å². The van der Waals surface area contributed by atoms with Crippen molar-refractivity contribution in [1.82, 2.24) is 4.31 Å². The van der Waals surface area contributed by atoms with Crippen LogP contribution in [0.1, 0.15) is 18.4 Å². The Bertz CT molecular complexity index is 462. The van der Waals surface area contributed by atoms with Crippen LogP contribution in [0.5, 0.6) is 0 Å². The maximum atomic E-state index is 12.3. The molecule has 4 heteroatoms. The standard InChI is InChI=1S/C12H16NO2S/c1-11-7-3-4-8-12(11)16(14,15)13-9-5-2-6-10-13/h2-4,7-8H,5-6,9-10H2,1H3. The number of rotatable bonds is 2. The molecule has 0 bridgehead atoms. The molecule has 1 fully saturated rings. The van der Waals surface area contributed by atoms with Crippen molar-refractivity contribution in [3.63, 3.8) is 0 Å². The van der Waals surface area contributed by atoms with Gasteiger partial charge in [-0.15, -0.1) is 0 Å². The van der Waals surface area contributed by atoms with Crippen LogP contribution >= 0.6 is 0 Å². The number of nitrogens with zero attached hydrogens (tertiary/aromatic N) is 1. The summed E-state index contributed by atoms with van der Waals surface area (Å²) in [6.45, 7) is 3.05. The monoisotopic (exact) mass is 238 g/mol. The van der Waals surface area contributed by atoms with Gasteiger partial charge in [-0.2, -0.15) is 4.31 Å². The van der Waals surface area contributed by atoms with E-state index in [4.69, 9.17) is 0 Å². The first-order chi connectivity index (χ1) is 7.62. The minimum Gasteiger partial charge on any atom is -0.207 e. The van der Waals surface area contributed by atoms with Gasteiger partial charge in [0.2, 0.25) is 10.0 Å². The van der Waals surface area contributed by atoms with E-state index in [0.29, 0.717) is 18.0 Å². The summed E-state index contributed by atoms with van der Waals surface area (Å²) in [5, 5.41) is 0. The van der Waals surface area contributed by atoms with Gasteiger partial charge in [-0.05, 0) is 37.8 Å². The van der Waals surface area contributed by atoms with Crippen molar-refractivity contribution >= 4 is 10.0 Å². The van der Waals surface area contributed by atoms with E-state index >= 15 is 0 Å². The second kappa shape index (κ2) is 4.55. The van der Waals surface area contributed by atoms with E-state index < -0.39 is 10.0 Å². The van der Waals surface area contributed by atoms with Gasteiger partial charge in [-0.1, -0.05) is 18.2 Å². The van der Waals surface area contributed by atoms with Crippen molar-refractivity contribution in [3.05, 3.63) is 36.2 Å². The summed E-state index contributed by atoms with van der Waals surface area (Å²) in [6.07, 6.45) is 3.85. The zero-order valence-corrected chi connectivity index (χ0v) is 10.2. The third-order valence-corrected chi connectivity index (χ3v) is 4.94. The number of benzene rings is 1. The highest BCUT2D eigenvalue weighted by Crippen LogP contribution is 2.22. The summed E-state index contributed by atoms with van der Waals surface area (Å²) in [5.41, 5.74) is 0.817. The molecule has 1 radical (unpaired) electrons. The minimum atomic E-state index is -3.28. The zero-order chi connectivity index (χ0) is 11.6. The van der Waals surface area contributed by atoms with Crippen molar-refractivity contribution < 1.29 is 8.42 Å². The first-order valence-corrected chi connectivity index (χ1v) is 6.94. The smallest absolute Gasteiger partial charge is 0.207 e. The molecule has 1 aliphatic heterocycles. The van der Waals surface area contributed by atoms with E-state index in [-0.39, 0.29) is 0 Å². The lowest BCUT2D eigenvalue weighted by molar-refractivity contribution is 0.384. The Balaban J connectivity index is 2.35. The normalized spacial score (nSPS) is 18.6. The number of sulfonamides is 1. The summed E-state index contributed by atoms with van der Waals surface area (Å²) in [6, 6.07) is 7.15. The van der Waals surface area contributed by atoms with Crippen LogP contribution in [0.15, 0.2) is 29.2 Å². The predicted molar refractivity (Wildman–Crippen MR) is 63.5 cm³/mol. The van der Waals surface area contributed by atoms with Crippen molar-refractivity contribution in [1.29, 1.82) is 0 Å². The SMILES string of the molecule is Cc1ccccc1S(=O)(=O)N1CC[CH]CC1. The van der Waals surface area contributed by atoms with E-state index in [2.05, 4.69) is 6.42 Å². The highest BCUT2D eigenvalue weighted by Gasteiger charge is 2.26. The van der Waals surface area contributed by atoms with Crippen LogP contribution < -0.4 is 0 Å². The Labute approximate surface area is 97.1 Å². The van der Waals surface area contributed by atoms with Gasteiger partial charge in [0, 0.05) is 13.1 Å². The topological polar surface area (TPSA) is 37.4 Å². The Morgan fingerprint density at radius 3 is 2.38 bits per heavy atom. The number of hydrogen-bond acceptors (Lipinski definition) is 2. The average Bonchev–Trinajstić information content (AvgIpc) is 2.30. The number of piperidine rings is 1. The first kappa shape index (κ1) is 11.6. The second-order valence-electron chi connectivity index (χ2n) is 4.04. The molecule has 0 amide bonds. The lowest BCUT2D eigenvalue weighted by atomic mass is 10.2. The fourth-order valence-corrected chi connectivity index (χ4v) is 3.65. The van der Waals surface area contributed by atoms with Gasteiger partial charge in [-0.3, -0.25) is 0 Å². The third-order valence-electron chi connectivity index (χ3n) is 2.88. The summed E-state index contributed by atoms with van der Waals surface area (Å²) in [5.74, 6) is 0. The molecule has 0 N–H and O–H groups in total. The van der Waals surface area contributed by atoms with Crippen LogP contribution in [0.25, 0.3) is 0 Å². The van der Waals surface area contributed by atoms with Gasteiger partial charge in [0.1, 0.15) is 0 Å². The van der Waals surface area contributed by atoms with Gasteiger partial charge in [0.15, 0.2) is 0 Å². The summed E-state index contributed by atoms with van der Waals surface area (Å²) >= 11 is 0. The van der Waals surface area contributed by atoms with E-state index in [1.165, 1.54) is 0 Å². The van der Waals surface area contributed by atoms with Crippen LogP contribution in [-0.2, 0) is 10.0 Å². The number of aryl methyl sites for hydroxylation is 1. The zero-order valence-electron chi connectivity index (χ0n) is 9.39. The molecular formula is C12H16NO2S. The molecule has 1 aliphatic rings.